The van der Waals surface area contributed by atoms with Crippen LogP contribution in [0.1, 0.15) is 26.5 Å². The van der Waals surface area contributed by atoms with Crippen LogP contribution in [0, 0.1) is 0 Å². The van der Waals surface area contributed by atoms with Crippen LogP contribution in [0.4, 0.5) is 5.82 Å². The fourth-order valence-corrected chi connectivity index (χ4v) is 1.87. The lowest BCUT2D eigenvalue weighted by Gasteiger charge is -2.16. The average Bonchev–Trinajstić information content (AvgIpc) is 2.71. The summed E-state index contributed by atoms with van der Waals surface area (Å²) in [4.78, 5) is 0. The number of ether oxygens (including phenoxy) is 1. The van der Waals surface area contributed by atoms with E-state index in [0.717, 1.165) is 22.6 Å². The second kappa shape index (κ2) is 4.37. The van der Waals surface area contributed by atoms with Gasteiger partial charge in [-0.2, -0.15) is 0 Å². The average molecular weight is 246 g/mol. The smallest absolute Gasteiger partial charge is 0.175 e. The van der Waals surface area contributed by atoms with Crippen molar-refractivity contribution in [2.75, 3.05) is 12.8 Å². The summed E-state index contributed by atoms with van der Waals surface area (Å²) < 4.78 is 10.6. The van der Waals surface area contributed by atoms with E-state index in [4.69, 9.17) is 15.0 Å². The molecule has 0 fully saturated rings. The van der Waals surface area contributed by atoms with Gasteiger partial charge in [-0.15, -0.1) is 0 Å². The monoisotopic (exact) mass is 246 g/mol. The van der Waals surface area contributed by atoms with Gasteiger partial charge in [0.1, 0.15) is 5.75 Å². The van der Waals surface area contributed by atoms with Gasteiger partial charge in [0.15, 0.2) is 11.6 Å². The fraction of sp³-hybridized carbons (Fsp3) is 0.357. The first-order valence-corrected chi connectivity index (χ1v) is 5.83. The van der Waals surface area contributed by atoms with Crippen LogP contribution >= 0.6 is 0 Å². The van der Waals surface area contributed by atoms with Crippen LogP contribution in [0.2, 0.25) is 0 Å². The fourth-order valence-electron chi connectivity index (χ4n) is 1.87. The molecule has 0 saturated carbocycles. The predicted molar refractivity (Wildman–Crippen MR) is 71.6 cm³/mol. The van der Waals surface area contributed by atoms with E-state index in [-0.39, 0.29) is 5.41 Å². The van der Waals surface area contributed by atoms with Crippen molar-refractivity contribution < 1.29 is 9.26 Å². The Bertz CT molecular complexity index is 553. The number of hydrogen-bond acceptors (Lipinski definition) is 4. The summed E-state index contributed by atoms with van der Waals surface area (Å²) in [7, 11) is 1.64. The zero-order valence-electron chi connectivity index (χ0n) is 11.2. The normalized spacial score (nSPS) is 11.6. The molecule has 0 aliphatic rings. The lowest BCUT2D eigenvalue weighted by Crippen LogP contribution is -2.11. The highest BCUT2D eigenvalue weighted by Gasteiger charge is 2.26. The summed E-state index contributed by atoms with van der Waals surface area (Å²) in [6.07, 6.45) is 0. The number of nitrogens with zero attached hydrogens (tertiary/aromatic N) is 1. The lowest BCUT2D eigenvalue weighted by atomic mass is 9.88. The molecule has 4 nitrogen and oxygen atoms in total. The first kappa shape index (κ1) is 12.5. The standard InChI is InChI=1S/C14H18N2O2/c1-14(2,3)12-11(13(15)16-18-12)9-6-5-7-10(8-9)17-4/h5-8H,1-4H3,(H2,15,16). The van der Waals surface area contributed by atoms with Gasteiger partial charge >= 0.3 is 0 Å². The van der Waals surface area contributed by atoms with Crippen molar-refractivity contribution in [2.24, 2.45) is 0 Å². The summed E-state index contributed by atoms with van der Waals surface area (Å²) >= 11 is 0. The second-order valence-corrected chi connectivity index (χ2v) is 5.25. The number of nitrogen functional groups attached to an aromatic ring is 1. The molecule has 2 aromatic rings. The number of hydrogen-bond donors (Lipinski definition) is 1. The van der Waals surface area contributed by atoms with Gasteiger partial charge in [0.25, 0.3) is 0 Å². The Hall–Kier alpha value is -1.97. The van der Waals surface area contributed by atoms with Crippen LogP contribution in [-0.2, 0) is 5.41 Å². The molecule has 2 N–H and O–H groups in total. The molecule has 18 heavy (non-hydrogen) atoms. The number of rotatable bonds is 2. The zero-order chi connectivity index (χ0) is 13.3. The van der Waals surface area contributed by atoms with Gasteiger partial charge < -0.3 is 15.0 Å². The van der Waals surface area contributed by atoms with E-state index in [0.29, 0.717) is 5.82 Å². The molecule has 0 aliphatic heterocycles. The van der Waals surface area contributed by atoms with Crippen LogP contribution in [0.15, 0.2) is 28.8 Å². The Labute approximate surface area is 107 Å². The highest BCUT2D eigenvalue weighted by molar-refractivity contribution is 5.77. The zero-order valence-corrected chi connectivity index (χ0v) is 11.2. The van der Waals surface area contributed by atoms with Crippen LogP contribution in [0.5, 0.6) is 5.75 Å². The molecular formula is C14H18N2O2. The third-order valence-corrected chi connectivity index (χ3v) is 2.76. The van der Waals surface area contributed by atoms with Crippen molar-refractivity contribution in [1.82, 2.24) is 5.16 Å². The molecule has 0 bridgehead atoms. The number of aromatic nitrogens is 1. The first-order chi connectivity index (χ1) is 8.43. The summed E-state index contributed by atoms with van der Waals surface area (Å²) in [6.45, 7) is 6.20. The SMILES string of the molecule is COc1cccc(-c2c(N)noc2C(C)(C)C)c1. The molecule has 1 heterocycles. The quantitative estimate of drug-likeness (QED) is 0.883. The highest BCUT2D eigenvalue weighted by atomic mass is 16.5. The Kier molecular flexibility index (Phi) is 3.03. The van der Waals surface area contributed by atoms with Gasteiger partial charge in [0.05, 0.1) is 12.7 Å². The number of benzene rings is 1. The van der Waals surface area contributed by atoms with Gasteiger partial charge in [0.2, 0.25) is 0 Å². The van der Waals surface area contributed by atoms with E-state index in [2.05, 4.69) is 25.9 Å². The van der Waals surface area contributed by atoms with Gasteiger partial charge in [0, 0.05) is 5.41 Å². The van der Waals surface area contributed by atoms with E-state index < -0.39 is 0 Å². The summed E-state index contributed by atoms with van der Waals surface area (Å²) in [5, 5.41) is 3.88. The van der Waals surface area contributed by atoms with E-state index >= 15 is 0 Å². The number of methoxy groups -OCH3 is 1. The lowest BCUT2D eigenvalue weighted by molar-refractivity contribution is 0.332. The molecule has 0 atom stereocenters. The van der Waals surface area contributed by atoms with Crippen molar-refractivity contribution >= 4 is 5.82 Å². The topological polar surface area (TPSA) is 61.3 Å². The molecule has 0 saturated heterocycles. The van der Waals surface area contributed by atoms with E-state index in [9.17, 15) is 0 Å². The van der Waals surface area contributed by atoms with Gasteiger partial charge in [-0.05, 0) is 17.7 Å². The minimum atomic E-state index is -0.150. The maximum Gasteiger partial charge on any atom is 0.175 e. The molecule has 96 valence electrons. The molecule has 0 unspecified atom stereocenters. The number of anilines is 1. The molecule has 2 rings (SSSR count). The van der Waals surface area contributed by atoms with Gasteiger partial charge in [-0.1, -0.05) is 38.1 Å². The third kappa shape index (κ3) is 2.18. The van der Waals surface area contributed by atoms with Gasteiger partial charge in [-0.3, -0.25) is 0 Å². The van der Waals surface area contributed by atoms with Crippen molar-refractivity contribution in [3.8, 4) is 16.9 Å². The van der Waals surface area contributed by atoms with Crippen LogP contribution < -0.4 is 10.5 Å². The van der Waals surface area contributed by atoms with Crippen molar-refractivity contribution in [3.63, 3.8) is 0 Å². The van der Waals surface area contributed by atoms with Gasteiger partial charge in [-0.25, -0.2) is 0 Å². The second-order valence-electron chi connectivity index (χ2n) is 5.25. The molecule has 0 spiro atoms. The first-order valence-electron chi connectivity index (χ1n) is 5.83. The summed E-state index contributed by atoms with van der Waals surface area (Å²) in [5.74, 6) is 1.98. The highest BCUT2D eigenvalue weighted by Crippen LogP contribution is 2.37. The van der Waals surface area contributed by atoms with Crippen LogP contribution in [0.3, 0.4) is 0 Å². The molecule has 0 radical (unpaired) electrons. The molecule has 1 aromatic carbocycles. The van der Waals surface area contributed by atoms with E-state index in [1.165, 1.54) is 0 Å². The third-order valence-electron chi connectivity index (χ3n) is 2.76. The summed E-state index contributed by atoms with van der Waals surface area (Å²) in [6, 6.07) is 7.72. The van der Waals surface area contributed by atoms with Crippen molar-refractivity contribution in [2.45, 2.75) is 26.2 Å². The minimum Gasteiger partial charge on any atom is -0.497 e. The van der Waals surface area contributed by atoms with E-state index in [1.54, 1.807) is 7.11 Å². The molecule has 1 aromatic heterocycles. The largest absolute Gasteiger partial charge is 0.497 e. The van der Waals surface area contributed by atoms with E-state index in [1.807, 2.05) is 24.3 Å². The Morgan fingerprint density at radius 2 is 2.00 bits per heavy atom. The Morgan fingerprint density at radius 3 is 2.61 bits per heavy atom. The minimum absolute atomic E-state index is 0.150. The van der Waals surface area contributed by atoms with Crippen molar-refractivity contribution in [1.29, 1.82) is 0 Å². The molecule has 4 heteroatoms. The van der Waals surface area contributed by atoms with Crippen LogP contribution in [-0.4, -0.2) is 12.3 Å². The summed E-state index contributed by atoms with van der Waals surface area (Å²) in [5.41, 5.74) is 7.57. The Morgan fingerprint density at radius 1 is 1.28 bits per heavy atom. The van der Waals surface area contributed by atoms with Crippen LogP contribution in [0.25, 0.3) is 11.1 Å². The Balaban J connectivity index is 2.59. The molecular weight excluding hydrogens is 228 g/mol. The maximum atomic E-state index is 5.92. The van der Waals surface area contributed by atoms with Crippen molar-refractivity contribution in [3.05, 3.63) is 30.0 Å². The number of nitrogens with two attached hydrogens (primary N) is 1. The molecule has 0 amide bonds. The predicted octanol–water partition coefficient (Wildman–Crippen LogP) is 3.23. The molecule has 0 aliphatic carbocycles. The maximum absolute atomic E-state index is 5.92.